The van der Waals surface area contributed by atoms with Crippen LogP contribution in [0.15, 0.2) is 16.0 Å². The molecule has 0 amide bonds. The van der Waals surface area contributed by atoms with E-state index < -0.39 is 28.6 Å². The first-order chi connectivity index (χ1) is 8.77. The van der Waals surface area contributed by atoms with E-state index in [-0.39, 0.29) is 5.16 Å². The van der Waals surface area contributed by atoms with E-state index in [1.165, 1.54) is 7.11 Å². The molecule has 106 valence electrons. The minimum atomic E-state index is -4.71. The monoisotopic (exact) mass is 296 g/mol. The number of aromatic amines is 1. The molecule has 0 aromatic carbocycles. The third-order valence-electron chi connectivity index (χ3n) is 2.10. The molecule has 0 aliphatic carbocycles. The highest BCUT2D eigenvalue weighted by atomic mass is 32.2. The molecule has 0 fully saturated rings. The van der Waals surface area contributed by atoms with Crippen LogP contribution >= 0.6 is 11.8 Å². The first-order valence-corrected chi connectivity index (χ1v) is 6.09. The van der Waals surface area contributed by atoms with Crippen molar-refractivity contribution in [3.05, 3.63) is 22.1 Å². The molecule has 1 rings (SSSR count). The summed E-state index contributed by atoms with van der Waals surface area (Å²) in [6.07, 6.45) is -4.38. The third kappa shape index (κ3) is 4.27. The Morgan fingerprint density at radius 1 is 1.58 bits per heavy atom. The molecule has 0 unspecified atom stereocenters. The zero-order valence-corrected chi connectivity index (χ0v) is 10.9. The number of ether oxygens (including phenoxy) is 1. The summed E-state index contributed by atoms with van der Waals surface area (Å²) in [5.74, 6) is -0.590. The van der Waals surface area contributed by atoms with Crippen LogP contribution in [0.1, 0.15) is 19.0 Å². The molecule has 0 saturated carbocycles. The topological polar surface area (TPSA) is 72.0 Å². The van der Waals surface area contributed by atoms with Gasteiger partial charge in [-0.1, -0.05) is 18.7 Å². The Morgan fingerprint density at radius 2 is 2.21 bits per heavy atom. The highest BCUT2D eigenvalue weighted by Gasteiger charge is 2.34. The van der Waals surface area contributed by atoms with Crippen molar-refractivity contribution in [1.82, 2.24) is 9.97 Å². The van der Waals surface area contributed by atoms with Gasteiger partial charge in [-0.3, -0.25) is 9.59 Å². The van der Waals surface area contributed by atoms with Crippen molar-refractivity contribution in [1.29, 1.82) is 0 Å². The Hall–Kier alpha value is -1.51. The predicted octanol–water partition coefficient (Wildman–Crippen LogP) is 1.83. The fourth-order valence-corrected chi connectivity index (χ4v) is 2.14. The summed E-state index contributed by atoms with van der Waals surface area (Å²) in [5.41, 5.74) is -2.22. The number of H-pyrrole nitrogens is 1. The summed E-state index contributed by atoms with van der Waals surface area (Å²) in [6, 6.07) is 0.364. The number of halogens is 3. The van der Waals surface area contributed by atoms with Gasteiger partial charge in [-0.2, -0.15) is 13.2 Å². The van der Waals surface area contributed by atoms with Crippen molar-refractivity contribution in [2.24, 2.45) is 0 Å². The van der Waals surface area contributed by atoms with Crippen LogP contribution in [0.2, 0.25) is 0 Å². The molecule has 1 heterocycles. The fraction of sp³-hybridized carbons (Fsp3) is 0.500. The molecule has 5 nitrogen and oxygen atoms in total. The van der Waals surface area contributed by atoms with Crippen LogP contribution in [0, 0.1) is 0 Å². The van der Waals surface area contributed by atoms with Crippen LogP contribution in [0.4, 0.5) is 13.2 Å². The van der Waals surface area contributed by atoms with Gasteiger partial charge in [-0.15, -0.1) is 0 Å². The van der Waals surface area contributed by atoms with Crippen LogP contribution in [0.3, 0.4) is 0 Å². The lowest BCUT2D eigenvalue weighted by Crippen LogP contribution is -2.21. The summed E-state index contributed by atoms with van der Waals surface area (Å²) in [4.78, 5) is 27.9. The van der Waals surface area contributed by atoms with Crippen LogP contribution in [-0.4, -0.2) is 28.3 Å². The Kier molecular flexibility index (Phi) is 4.98. The van der Waals surface area contributed by atoms with Crippen LogP contribution < -0.4 is 5.56 Å². The van der Waals surface area contributed by atoms with Gasteiger partial charge in [0.2, 0.25) is 0 Å². The number of hydrogen-bond donors (Lipinski definition) is 1. The summed E-state index contributed by atoms with van der Waals surface area (Å²) in [6.45, 7) is 1.67. The van der Waals surface area contributed by atoms with Gasteiger partial charge < -0.3 is 9.72 Å². The van der Waals surface area contributed by atoms with Crippen molar-refractivity contribution in [2.45, 2.75) is 29.9 Å². The third-order valence-corrected chi connectivity index (χ3v) is 3.33. The standard InChI is InChI=1S/C10H11F3N2O3S/c1-3-5(8(17)18-2)19-9-14-6(10(11,12)13)4-7(16)15-9/h4-5H,3H2,1-2H3,(H,14,15,16)/t5-/m1/s1. The maximum absolute atomic E-state index is 12.5. The lowest BCUT2D eigenvalue weighted by molar-refractivity contribution is -0.141. The molecule has 0 aliphatic rings. The summed E-state index contributed by atoms with van der Waals surface area (Å²) in [5, 5.41) is -0.992. The van der Waals surface area contributed by atoms with Gasteiger partial charge in [0.15, 0.2) is 10.9 Å². The van der Waals surface area contributed by atoms with E-state index in [2.05, 4.69) is 14.7 Å². The molecule has 19 heavy (non-hydrogen) atoms. The van der Waals surface area contributed by atoms with E-state index >= 15 is 0 Å². The van der Waals surface area contributed by atoms with E-state index in [1.54, 1.807) is 6.92 Å². The van der Waals surface area contributed by atoms with Crippen molar-refractivity contribution < 1.29 is 22.7 Å². The van der Waals surface area contributed by atoms with Crippen molar-refractivity contribution in [3.8, 4) is 0 Å². The lowest BCUT2D eigenvalue weighted by atomic mass is 10.3. The smallest absolute Gasteiger partial charge is 0.433 e. The summed E-state index contributed by atoms with van der Waals surface area (Å²) < 4.78 is 41.9. The number of carbonyl (C=O) groups is 1. The van der Waals surface area contributed by atoms with Crippen LogP contribution in [0.5, 0.6) is 0 Å². The zero-order chi connectivity index (χ0) is 14.6. The van der Waals surface area contributed by atoms with Gasteiger partial charge in [-0.05, 0) is 6.42 Å². The number of esters is 1. The number of carbonyl (C=O) groups excluding carboxylic acids is 1. The second-order valence-electron chi connectivity index (χ2n) is 3.47. The van der Waals surface area contributed by atoms with Gasteiger partial charge in [0.1, 0.15) is 5.25 Å². The second kappa shape index (κ2) is 6.09. The number of nitrogens with zero attached hydrogens (tertiary/aromatic N) is 1. The molecule has 0 saturated heterocycles. The molecule has 9 heteroatoms. The van der Waals surface area contributed by atoms with E-state index in [0.717, 1.165) is 11.8 Å². The Labute approximate surface area is 110 Å². The average molecular weight is 296 g/mol. The number of hydrogen-bond acceptors (Lipinski definition) is 5. The van der Waals surface area contributed by atoms with Gasteiger partial charge in [0.25, 0.3) is 5.56 Å². The van der Waals surface area contributed by atoms with E-state index in [0.29, 0.717) is 12.5 Å². The Bertz CT molecular complexity index is 515. The van der Waals surface area contributed by atoms with Crippen molar-refractivity contribution in [3.63, 3.8) is 0 Å². The highest BCUT2D eigenvalue weighted by molar-refractivity contribution is 8.00. The van der Waals surface area contributed by atoms with Gasteiger partial charge in [0, 0.05) is 6.07 Å². The maximum atomic E-state index is 12.5. The number of aromatic nitrogens is 2. The second-order valence-corrected chi connectivity index (χ2v) is 4.66. The molecule has 1 aromatic heterocycles. The van der Waals surface area contributed by atoms with Crippen molar-refractivity contribution in [2.75, 3.05) is 7.11 Å². The zero-order valence-electron chi connectivity index (χ0n) is 10.1. The van der Waals surface area contributed by atoms with E-state index in [9.17, 15) is 22.8 Å². The number of nitrogens with one attached hydrogen (secondary N) is 1. The summed E-state index contributed by atoms with van der Waals surface area (Å²) in [7, 11) is 1.17. The first kappa shape index (κ1) is 15.5. The van der Waals surface area contributed by atoms with E-state index in [1.807, 2.05) is 0 Å². The van der Waals surface area contributed by atoms with Crippen molar-refractivity contribution >= 4 is 17.7 Å². The number of alkyl halides is 3. The number of thioether (sulfide) groups is 1. The lowest BCUT2D eigenvalue weighted by Gasteiger charge is -2.12. The maximum Gasteiger partial charge on any atom is 0.433 e. The quantitative estimate of drug-likeness (QED) is 0.521. The number of methoxy groups -OCH3 is 1. The fourth-order valence-electron chi connectivity index (χ4n) is 1.20. The molecular weight excluding hydrogens is 285 g/mol. The van der Waals surface area contributed by atoms with Gasteiger partial charge >= 0.3 is 12.1 Å². The normalized spacial score (nSPS) is 13.1. The molecule has 1 atom stereocenters. The minimum Gasteiger partial charge on any atom is -0.468 e. The molecule has 0 spiro atoms. The predicted molar refractivity (Wildman–Crippen MR) is 61.8 cm³/mol. The molecule has 0 radical (unpaired) electrons. The molecular formula is C10H11F3N2O3S. The Balaban J connectivity index is 3.05. The average Bonchev–Trinajstić information content (AvgIpc) is 2.33. The molecule has 1 aromatic rings. The van der Waals surface area contributed by atoms with Gasteiger partial charge in [-0.25, -0.2) is 4.98 Å². The minimum absolute atomic E-state index is 0.267. The first-order valence-electron chi connectivity index (χ1n) is 5.21. The SMILES string of the molecule is CC[C@@H](Sc1nc(C(F)(F)F)cc(=O)[nH]1)C(=O)OC. The largest absolute Gasteiger partial charge is 0.468 e. The van der Waals surface area contributed by atoms with Crippen LogP contribution in [-0.2, 0) is 15.7 Å². The van der Waals surface area contributed by atoms with Gasteiger partial charge in [0.05, 0.1) is 7.11 Å². The number of rotatable bonds is 4. The Morgan fingerprint density at radius 3 is 2.68 bits per heavy atom. The molecule has 0 aliphatic heterocycles. The van der Waals surface area contributed by atoms with Crippen LogP contribution in [0.25, 0.3) is 0 Å². The highest BCUT2D eigenvalue weighted by Crippen LogP contribution is 2.29. The summed E-state index contributed by atoms with van der Waals surface area (Å²) >= 11 is 0.725. The van der Waals surface area contributed by atoms with E-state index in [4.69, 9.17) is 0 Å². The molecule has 0 bridgehead atoms. The molecule has 1 N–H and O–H groups in total.